The van der Waals surface area contributed by atoms with Crippen LogP contribution in [0.4, 0.5) is 0 Å². The number of piperazine rings is 1. The zero-order valence-electron chi connectivity index (χ0n) is 12.0. The number of furan rings is 1. The highest BCUT2D eigenvalue weighted by molar-refractivity contribution is 5.88. The molecular weight excluding hydrogens is 260 g/mol. The minimum Gasteiger partial charge on any atom is -0.478 e. The number of aliphatic hydroxyl groups is 1. The van der Waals surface area contributed by atoms with E-state index in [2.05, 4.69) is 9.80 Å². The topological polar surface area (TPSA) is 77.2 Å². The van der Waals surface area contributed by atoms with Gasteiger partial charge in [-0.3, -0.25) is 9.80 Å². The number of β-amino-alcohol motifs (C(OH)–C–C–N with tert-alkyl or cyclic N) is 1. The fourth-order valence-corrected chi connectivity index (χ4v) is 2.51. The average Bonchev–Trinajstić information content (AvgIpc) is 2.78. The van der Waals surface area contributed by atoms with Crippen LogP contribution in [0.25, 0.3) is 0 Å². The number of carboxylic acids is 1. The van der Waals surface area contributed by atoms with Crippen LogP contribution in [0.5, 0.6) is 0 Å². The quantitative estimate of drug-likeness (QED) is 0.834. The largest absolute Gasteiger partial charge is 0.478 e. The molecule has 6 nitrogen and oxygen atoms in total. The molecule has 0 amide bonds. The van der Waals surface area contributed by atoms with E-state index < -0.39 is 11.6 Å². The lowest BCUT2D eigenvalue weighted by Gasteiger charge is -2.37. The third-order valence-corrected chi connectivity index (χ3v) is 3.42. The maximum absolute atomic E-state index is 11.0. The van der Waals surface area contributed by atoms with Crippen molar-refractivity contribution in [2.24, 2.45) is 0 Å². The first-order valence-electron chi connectivity index (χ1n) is 6.82. The summed E-state index contributed by atoms with van der Waals surface area (Å²) in [5, 5.41) is 18.8. The lowest BCUT2D eigenvalue weighted by molar-refractivity contribution is 0.0157. The smallest absolute Gasteiger partial charge is 0.339 e. The molecular formula is C14H22N2O4. The van der Waals surface area contributed by atoms with Crippen LogP contribution in [0.3, 0.4) is 0 Å². The number of rotatable bonds is 5. The molecule has 0 unspecified atom stereocenters. The summed E-state index contributed by atoms with van der Waals surface area (Å²) in [6.07, 6.45) is 1.42. The van der Waals surface area contributed by atoms with E-state index in [1.54, 1.807) is 13.8 Å². The normalized spacial score (nSPS) is 18.4. The maximum atomic E-state index is 11.0. The van der Waals surface area contributed by atoms with Crippen molar-refractivity contribution in [2.45, 2.75) is 26.0 Å². The lowest BCUT2D eigenvalue weighted by atomic mass is 10.1. The Morgan fingerprint density at radius 1 is 1.30 bits per heavy atom. The van der Waals surface area contributed by atoms with Crippen molar-refractivity contribution < 1.29 is 19.4 Å². The minimum atomic E-state index is -0.950. The van der Waals surface area contributed by atoms with Gasteiger partial charge in [0.2, 0.25) is 0 Å². The first-order chi connectivity index (χ1) is 9.35. The Morgan fingerprint density at radius 3 is 2.45 bits per heavy atom. The molecule has 1 aromatic rings. The van der Waals surface area contributed by atoms with E-state index in [1.807, 2.05) is 0 Å². The van der Waals surface area contributed by atoms with Crippen molar-refractivity contribution in [3.05, 3.63) is 23.7 Å². The highest BCUT2D eigenvalue weighted by Gasteiger charge is 2.24. The van der Waals surface area contributed by atoms with Gasteiger partial charge < -0.3 is 14.6 Å². The molecule has 1 aliphatic rings. The van der Waals surface area contributed by atoms with E-state index in [-0.39, 0.29) is 5.56 Å². The third kappa shape index (κ3) is 4.06. The first kappa shape index (κ1) is 15.0. The number of carboxylic acid groups (broad SMARTS) is 1. The Labute approximate surface area is 118 Å². The molecule has 0 aromatic carbocycles. The van der Waals surface area contributed by atoms with Gasteiger partial charge >= 0.3 is 5.97 Å². The first-order valence-corrected chi connectivity index (χ1v) is 6.82. The van der Waals surface area contributed by atoms with E-state index in [0.717, 1.165) is 26.2 Å². The Bertz CT molecular complexity index is 456. The molecule has 0 bridgehead atoms. The van der Waals surface area contributed by atoms with Crippen molar-refractivity contribution >= 4 is 5.97 Å². The summed E-state index contributed by atoms with van der Waals surface area (Å²) < 4.78 is 5.26. The summed E-state index contributed by atoms with van der Waals surface area (Å²) in [5.41, 5.74) is -0.441. The minimum absolute atomic E-state index is 0.240. The summed E-state index contributed by atoms with van der Waals surface area (Å²) in [7, 11) is 0. The molecule has 2 heterocycles. The molecule has 1 aromatic heterocycles. The van der Waals surface area contributed by atoms with Gasteiger partial charge in [-0.2, -0.15) is 0 Å². The summed E-state index contributed by atoms with van der Waals surface area (Å²) >= 11 is 0. The monoisotopic (exact) mass is 282 g/mol. The molecule has 0 atom stereocenters. The molecule has 1 fully saturated rings. The van der Waals surface area contributed by atoms with Crippen molar-refractivity contribution in [3.63, 3.8) is 0 Å². The Hall–Kier alpha value is -1.37. The average molecular weight is 282 g/mol. The van der Waals surface area contributed by atoms with Crippen molar-refractivity contribution in [2.75, 3.05) is 32.7 Å². The Morgan fingerprint density at radius 2 is 1.90 bits per heavy atom. The van der Waals surface area contributed by atoms with Crippen molar-refractivity contribution in [3.8, 4) is 0 Å². The zero-order valence-corrected chi connectivity index (χ0v) is 12.0. The molecule has 1 saturated heterocycles. The van der Waals surface area contributed by atoms with Gasteiger partial charge in [-0.1, -0.05) is 0 Å². The van der Waals surface area contributed by atoms with Gasteiger partial charge in [0.1, 0.15) is 11.3 Å². The standard InChI is InChI=1S/C14H22N2O4/c1-14(2,19)10-16-6-4-15(5-7-16)9-12-11(13(17)18)3-8-20-12/h3,8,19H,4-7,9-10H2,1-2H3,(H,17,18). The van der Waals surface area contributed by atoms with E-state index in [0.29, 0.717) is 18.8 Å². The summed E-state index contributed by atoms with van der Waals surface area (Å²) in [6.45, 7) is 8.21. The van der Waals surface area contributed by atoms with E-state index in [4.69, 9.17) is 9.52 Å². The summed E-state index contributed by atoms with van der Waals surface area (Å²) in [5.74, 6) is -0.442. The predicted molar refractivity (Wildman–Crippen MR) is 73.7 cm³/mol. The van der Waals surface area contributed by atoms with Crippen LogP contribution < -0.4 is 0 Å². The van der Waals surface area contributed by atoms with E-state index in [9.17, 15) is 9.90 Å². The Balaban J connectivity index is 1.85. The van der Waals surface area contributed by atoms with E-state index in [1.165, 1.54) is 12.3 Å². The van der Waals surface area contributed by atoms with Gasteiger partial charge in [-0.25, -0.2) is 4.79 Å². The number of aromatic carboxylic acids is 1. The second-order valence-electron chi connectivity index (χ2n) is 5.93. The van der Waals surface area contributed by atoms with Crippen molar-refractivity contribution in [1.29, 1.82) is 0 Å². The van der Waals surface area contributed by atoms with Crippen molar-refractivity contribution in [1.82, 2.24) is 9.80 Å². The van der Waals surface area contributed by atoms with Crippen LogP contribution in [0.15, 0.2) is 16.7 Å². The van der Waals surface area contributed by atoms with Gasteiger partial charge in [0.15, 0.2) is 0 Å². The maximum Gasteiger partial charge on any atom is 0.339 e. The molecule has 0 aliphatic carbocycles. The van der Waals surface area contributed by atoms with Crippen LogP contribution in [0.2, 0.25) is 0 Å². The number of hydrogen-bond acceptors (Lipinski definition) is 5. The number of nitrogens with zero attached hydrogens (tertiary/aromatic N) is 2. The molecule has 0 radical (unpaired) electrons. The fraction of sp³-hybridized carbons (Fsp3) is 0.643. The highest BCUT2D eigenvalue weighted by Crippen LogP contribution is 2.15. The van der Waals surface area contributed by atoms with Crippen LogP contribution in [0.1, 0.15) is 30.0 Å². The third-order valence-electron chi connectivity index (χ3n) is 3.42. The SMILES string of the molecule is CC(C)(O)CN1CCN(Cc2occc2C(=O)O)CC1. The second-order valence-corrected chi connectivity index (χ2v) is 5.93. The number of hydrogen-bond donors (Lipinski definition) is 2. The molecule has 1 aliphatic heterocycles. The molecule has 2 N–H and O–H groups in total. The highest BCUT2D eigenvalue weighted by atomic mass is 16.4. The fourth-order valence-electron chi connectivity index (χ4n) is 2.51. The second kappa shape index (κ2) is 5.95. The molecule has 2 rings (SSSR count). The van der Waals surface area contributed by atoms with Gasteiger partial charge in [0, 0.05) is 32.7 Å². The lowest BCUT2D eigenvalue weighted by Crippen LogP contribution is -2.50. The van der Waals surface area contributed by atoms with Gasteiger partial charge in [-0.05, 0) is 19.9 Å². The molecule has 0 spiro atoms. The summed E-state index contributed by atoms with van der Waals surface area (Å²) in [6, 6.07) is 1.49. The van der Waals surface area contributed by atoms with Gasteiger partial charge in [0.25, 0.3) is 0 Å². The summed E-state index contributed by atoms with van der Waals surface area (Å²) in [4.78, 5) is 15.4. The van der Waals surface area contributed by atoms with Crippen LogP contribution in [-0.4, -0.2) is 64.3 Å². The van der Waals surface area contributed by atoms with E-state index >= 15 is 0 Å². The molecule has 20 heavy (non-hydrogen) atoms. The van der Waals surface area contributed by atoms with Gasteiger partial charge in [-0.15, -0.1) is 0 Å². The van der Waals surface area contributed by atoms with Crippen LogP contribution >= 0.6 is 0 Å². The van der Waals surface area contributed by atoms with Crippen LogP contribution in [0, 0.1) is 0 Å². The molecule has 112 valence electrons. The predicted octanol–water partition coefficient (Wildman–Crippen LogP) is 0.866. The molecule has 0 saturated carbocycles. The molecule has 6 heteroatoms. The van der Waals surface area contributed by atoms with Crippen LogP contribution in [-0.2, 0) is 6.54 Å². The number of carbonyl (C=O) groups is 1. The zero-order chi connectivity index (χ0) is 14.8. The Kier molecular flexibility index (Phi) is 4.47. The van der Waals surface area contributed by atoms with Gasteiger partial charge in [0.05, 0.1) is 18.4 Å².